The molecule has 1 atom stereocenters. The van der Waals surface area contributed by atoms with E-state index in [9.17, 15) is 14.4 Å². The lowest BCUT2D eigenvalue weighted by Gasteiger charge is -2.18. The fourth-order valence-electron chi connectivity index (χ4n) is 8.94. The molecule has 0 spiro atoms. The van der Waals surface area contributed by atoms with E-state index in [1.54, 1.807) is 0 Å². The highest BCUT2D eigenvalue weighted by Gasteiger charge is 2.19. The normalized spacial score (nSPS) is 13.1. The zero-order valence-corrected chi connectivity index (χ0v) is 52.5. The molecule has 0 aliphatic heterocycles. The second-order valence-corrected chi connectivity index (χ2v) is 21.6. The maximum atomic E-state index is 12.9. The molecule has 0 aliphatic carbocycles. The Balaban J connectivity index is 4.41. The summed E-state index contributed by atoms with van der Waals surface area (Å²) < 4.78 is 16.8. The molecule has 81 heavy (non-hydrogen) atoms. The summed E-state index contributed by atoms with van der Waals surface area (Å²) in [6.07, 6.45) is 97.4. The van der Waals surface area contributed by atoms with E-state index in [1.165, 1.54) is 116 Å². The molecule has 0 aromatic heterocycles. The fourth-order valence-corrected chi connectivity index (χ4v) is 8.94. The molecule has 1 unspecified atom stereocenters. The van der Waals surface area contributed by atoms with Gasteiger partial charge in [0.1, 0.15) is 13.2 Å². The van der Waals surface area contributed by atoms with Gasteiger partial charge in [-0.15, -0.1) is 0 Å². The Hall–Kier alpha value is -4.71. The Kier molecular flexibility index (Phi) is 63.9. The van der Waals surface area contributed by atoms with Crippen molar-refractivity contribution in [3.05, 3.63) is 146 Å². The van der Waals surface area contributed by atoms with Crippen molar-refractivity contribution < 1.29 is 28.6 Å². The van der Waals surface area contributed by atoms with Crippen LogP contribution in [0.1, 0.15) is 290 Å². The molecule has 0 bridgehead atoms. The second-order valence-electron chi connectivity index (χ2n) is 21.6. The van der Waals surface area contributed by atoms with Gasteiger partial charge in [-0.25, -0.2) is 0 Å². The Morgan fingerprint density at radius 1 is 0.259 bits per heavy atom. The van der Waals surface area contributed by atoms with Crippen molar-refractivity contribution in [2.24, 2.45) is 0 Å². The third-order valence-corrected chi connectivity index (χ3v) is 13.9. The summed E-state index contributed by atoms with van der Waals surface area (Å²) in [4.78, 5) is 38.3. The molecule has 0 saturated heterocycles. The van der Waals surface area contributed by atoms with Crippen LogP contribution in [0.3, 0.4) is 0 Å². The lowest BCUT2D eigenvalue weighted by atomic mass is 10.0. The van der Waals surface area contributed by atoms with Gasteiger partial charge in [-0.2, -0.15) is 0 Å². The molecule has 0 amide bonds. The van der Waals surface area contributed by atoms with Crippen LogP contribution in [0.25, 0.3) is 0 Å². The second kappa shape index (κ2) is 67.8. The minimum Gasteiger partial charge on any atom is -0.462 e. The van der Waals surface area contributed by atoms with E-state index in [2.05, 4.69) is 161 Å². The Morgan fingerprint density at radius 2 is 0.506 bits per heavy atom. The Labute approximate surface area is 499 Å². The largest absolute Gasteiger partial charge is 0.462 e. The third-order valence-electron chi connectivity index (χ3n) is 13.9. The van der Waals surface area contributed by atoms with Crippen LogP contribution in [0.5, 0.6) is 0 Å². The van der Waals surface area contributed by atoms with E-state index in [-0.39, 0.29) is 37.5 Å². The van der Waals surface area contributed by atoms with Gasteiger partial charge in [-0.1, -0.05) is 308 Å². The quantitative estimate of drug-likeness (QED) is 0.0261. The molecule has 0 saturated carbocycles. The number of carbonyl (C=O) groups excluding carboxylic acids is 3. The highest BCUT2D eigenvalue weighted by molar-refractivity contribution is 5.71. The molecule has 0 N–H and O–H groups in total. The molecular formula is C75H122O6. The van der Waals surface area contributed by atoms with E-state index in [0.717, 1.165) is 128 Å². The van der Waals surface area contributed by atoms with Gasteiger partial charge in [0.15, 0.2) is 6.10 Å². The van der Waals surface area contributed by atoms with Crippen LogP contribution >= 0.6 is 0 Å². The monoisotopic (exact) mass is 1120 g/mol. The van der Waals surface area contributed by atoms with Gasteiger partial charge in [0.05, 0.1) is 0 Å². The number of hydrogen-bond acceptors (Lipinski definition) is 6. The molecule has 6 nitrogen and oxygen atoms in total. The standard InChI is InChI=1S/C75H122O6/c1-4-7-10-13-16-19-22-25-27-29-31-33-34-35-36-37-38-39-40-42-43-45-47-50-53-56-59-62-65-68-74(77)80-71-72(70-79-73(76)67-64-61-58-55-52-49-24-21-18-15-12-9-6-3)81-75(78)69-66-63-60-57-54-51-48-46-44-41-32-30-28-26-23-20-17-14-11-8-5-2/h7,9-10,12,16,18-19,21,25,27,31,33,35-36,38-39,42-43,47,49-50,52,58,61,72H,4-6,8,11,13-15,17,20,22-24,26,28-30,32,34,37,40-41,44-46,48,51,53-57,59-60,62-71H2,1-3H3/b10-7-,12-9-,19-16-,21-18-,27-25-,33-31-,36-35-,39-38-,43-42-,50-47-,52-49-,61-58-. The van der Waals surface area contributed by atoms with Crippen LogP contribution in [-0.2, 0) is 28.6 Å². The SMILES string of the molecule is CC/C=C\C/C=C\C/C=C\C/C=C\C/C=C\C/C=C\C/C=C\C/C=C\CCCCCCC(=O)OCC(COC(=O)CC/C=C\C/C=C\C/C=C\C/C=C\CC)OC(=O)CCCCCCCCCCCCCCCCCCCCCCC. The van der Waals surface area contributed by atoms with Gasteiger partial charge >= 0.3 is 17.9 Å². The predicted octanol–water partition coefficient (Wildman–Crippen LogP) is 23.1. The summed E-state index contributed by atoms with van der Waals surface area (Å²) in [7, 11) is 0. The molecule has 0 aromatic rings. The molecule has 6 heteroatoms. The average molecular weight is 1120 g/mol. The zero-order chi connectivity index (χ0) is 58.5. The van der Waals surface area contributed by atoms with Crippen molar-refractivity contribution in [2.75, 3.05) is 13.2 Å². The van der Waals surface area contributed by atoms with E-state index in [4.69, 9.17) is 14.2 Å². The molecule has 0 radical (unpaired) electrons. The van der Waals surface area contributed by atoms with Gasteiger partial charge < -0.3 is 14.2 Å². The molecule has 0 heterocycles. The van der Waals surface area contributed by atoms with Crippen molar-refractivity contribution in [3.8, 4) is 0 Å². The van der Waals surface area contributed by atoms with Crippen LogP contribution in [0.15, 0.2) is 146 Å². The van der Waals surface area contributed by atoms with Gasteiger partial charge in [0.25, 0.3) is 0 Å². The average Bonchev–Trinajstić information content (AvgIpc) is 3.46. The number of unbranched alkanes of at least 4 members (excludes halogenated alkanes) is 24. The van der Waals surface area contributed by atoms with E-state index in [0.29, 0.717) is 19.3 Å². The summed E-state index contributed by atoms with van der Waals surface area (Å²) in [5, 5.41) is 0. The summed E-state index contributed by atoms with van der Waals surface area (Å²) in [5.74, 6) is -1.02. The minimum atomic E-state index is -0.823. The van der Waals surface area contributed by atoms with Crippen molar-refractivity contribution in [1.29, 1.82) is 0 Å². The summed E-state index contributed by atoms with van der Waals surface area (Å²) >= 11 is 0. The lowest BCUT2D eigenvalue weighted by Crippen LogP contribution is -2.30. The highest BCUT2D eigenvalue weighted by Crippen LogP contribution is 2.16. The van der Waals surface area contributed by atoms with Crippen LogP contribution in [0.4, 0.5) is 0 Å². The van der Waals surface area contributed by atoms with Crippen molar-refractivity contribution in [3.63, 3.8) is 0 Å². The first-order valence-corrected chi connectivity index (χ1v) is 33.3. The van der Waals surface area contributed by atoms with Crippen molar-refractivity contribution in [2.45, 2.75) is 297 Å². The zero-order valence-electron chi connectivity index (χ0n) is 52.5. The first-order valence-electron chi connectivity index (χ1n) is 33.3. The lowest BCUT2D eigenvalue weighted by molar-refractivity contribution is -0.166. The first kappa shape index (κ1) is 76.3. The van der Waals surface area contributed by atoms with Crippen LogP contribution in [-0.4, -0.2) is 37.2 Å². The summed E-state index contributed by atoms with van der Waals surface area (Å²) in [6, 6.07) is 0. The minimum absolute atomic E-state index is 0.116. The van der Waals surface area contributed by atoms with Crippen molar-refractivity contribution >= 4 is 17.9 Å². The smallest absolute Gasteiger partial charge is 0.306 e. The van der Waals surface area contributed by atoms with Gasteiger partial charge in [-0.05, 0) is 109 Å². The molecule has 0 rings (SSSR count). The Bertz CT molecular complexity index is 1760. The van der Waals surface area contributed by atoms with Crippen LogP contribution in [0.2, 0.25) is 0 Å². The summed E-state index contributed by atoms with van der Waals surface area (Å²) in [6.45, 7) is 6.34. The molecular weight excluding hydrogens is 997 g/mol. The van der Waals surface area contributed by atoms with Crippen LogP contribution in [0, 0.1) is 0 Å². The van der Waals surface area contributed by atoms with E-state index >= 15 is 0 Å². The predicted molar refractivity (Wildman–Crippen MR) is 352 cm³/mol. The third kappa shape index (κ3) is 66.0. The molecule has 0 aromatic carbocycles. The van der Waals surface area contributed by atoms with Gasteiger partial charge in [-0.3, -0.25) is 14.4 Å². The highest BCUT2D eigenvalue weighted by atomic mass is 16.6. The number of esters is 3. The summed E-state index contributed by atoms with van der Waals surface area (Å²) in [5.41, 5.74) is 0. The number of rotatable bonds is 59. The number of carbonyl (C=O) groups is 3. The van der Waals surface area contributed by atoms with Crippen molar-refractivity contribution in [1.82, 2.24) is 0 Å². The maximum Gasteiger partial charge on any atom is 0.306 e. The van der Waals surface area contributed by atoms with E-state index in [1.807, 2.05) is 6.08 Å². The van der Waals surface area contributed by atoms with Gasteiger partial charge in [0, 0.05) is 19.3 Å². The number of ether oxygens (including phenoxy) is 3. The topological polar surface area (TPSA) is 78.9 Å². The van der Waals surface area contributed by atoms with E-state index < -0.39 is 6.10 Å². The number of hydrogen-bond donors (Lipinski definition) is 0. The fraction of sp³-hybridized carbons (Fsp3) is 0.640. The molecule has 0 fully saturated rings. The molecule has 0 aliphatic rings. The molecule has 458 valence electrons. The first-order chi connectivity index (χ1) is 40.0. The Morgan fingerprint density at radius 3 is 0.827 bits per heavy atom. The maximum absolute atomic E-state index is 12.9. The van der Waals surface area contributed by atoms with Gasteiger partial charge in [0.2, 0.25) is 0 Å². The van der Waals surface area contributed by atoms with Crippen LogP contribution < -0.4 is 0 Å². The number of allylic oxidation sites excluding steroid dienone is 24.